The number of Topliss-reactive ketones (excluding diaryl/α,β-unsaturated/α-hetero) is 1. The fraction of sp³-hybridized carbons (Fsp3) is 0.500. The van der Waals surface area contributed by atoms with Crippen LogP contribution in [0.25, 0.3) is 0 Å². The Labute approximate surface area is 121 Å². The molecule has 5 heteroatoms. The van der Waals surface area contributed by atoms with Gasteiger partial charge in [-0.05, 0) is 40.9 Å². The van der Waals surface area contributed by atoms with Gasteiger partial charge in [0.25, 0.3) is 0 Å². The summed E-state index contributed by atoms with van der Waals surface area (Å²) >= 11 is 3.40. The Morgan fingerprint density at radius 1 is 1.37 bits per heavy atom. The van der Waals surface area contributed by atoms with E-state index in [0.717, 1.165) is 19.4 Å². The second kappa shape index (κ2) is 6.39. The van der Waals surface area contributed by atoms with E-state index >= 15 is 0 Å². The standard InChI is InChI=1S/C14H17BrO4/c1-17-13-7-10(11(15)8-14(13)18-2)12(16)6-9-4-3-5-19-9/h7-9H,3-6H2,1-2H3. The van der Waals surface area contributed by atoms with Crippen molar-refractivity contribution in [2.45, 2.75) is 25.4 Å². The van der Waals surface area contributed by atoms with E-state index in [-0.39, 0.29) is 11.9 Å². The summed E-state index contributed by atoms with van der Waals surface area (Å²) in [6, 6.07) is 3.46. The molecule has 2 rings (SSSR count). The van der Waals surface area contributed by atoms with Gasteiger partial charge in [-0.1, -0.05) is 0 Å². The van der Waals surface area contributed by atoms with E-state index in [2.05, 4.69) is 15.9 Å². The van der Waals surface area contributed by atoms with E-state index < -0.39 is 0 Å². The van der Waals surface area contributed by atoms with Gasteiger partial charge >= 0.3 is 0 Å². The highest BCUT2D eigenvalue weighted by Crippen LogP contribution is 2.34. The van der Waals surface area contributed by atoms with Crippen LogP contribution in [0.15, 0.2) is 16.6 Å². The second-order valence-electron chi connectivity index (χ2n) is 4.45. The molecule has 104 valence electrons. The second-order valence-corrected chi connectivity index (χ2v) is 5.30. The van der Waals surface area contributed by atoms with Crippen molar-refractivity contribution in [3.05, 3.63) is 22.2 Å². The molecule has 1 aromatic carbocycles. The lowest BCUT2D eigenvalue weighted by molar-refractivity contribution is 0.0774. The molecule has 0 radical (unpaired) electrons. The maximum absolute atomic E-state index is 12.3. The van der Waals surface area contributed by atoms with Crippen molar-refractivity contribution in [1.82, 2.24) is 0 Å². The third kappa shape index (κ3) is 3.28. The van der Waals surface area contributed by atoms with Crippen molar-refractivity contribution >= 4 is 21.7 Å². The molecule has 1 atom stereocenters. The van der Waals surface area contributed by atoms with Crippen LogP contribution in [0, 0.1) is 0 Å². The molecule has 0 N–H and O–H groups in total. The molecule has 19 heavy (non-hydrogen) atoms. The first-order chi connectivity index (χ1) is 9.15. The van der Waals surface area contributed by atoms with Gasteiger partial charge in [-0.15, -0.1) is 0 Å². The molecular weight excluding hydrogens is 312 g/mol. The minimum Gasteiger partial charge on any atom is -0.493 e. The van der Waals surface area contributed by atoms with Gasteiger partial charge in [0, 0.05) is 23.1 Å². The molecular formula is C14H17BrO4. The molecule has 1 aliphatic rings. The maximum atomic E-state index is 12.3. The average molecular weight is 329 g/mol. The summed E-state index contributed by atoms with van der Waals surface area (Å²) < 4.78 is 16.6. The van der Waals surface area contributed by atoms with Crippen LogP contribution in [-0.2, 0) is 4.74 Å². The van der Waals surface area contributed by atoms with Crippen molar-refractivity contribution in [2.24, 2.45) is 0 Å². The largest absolute Gasteiger partial charge is 0.493 e. The molecule has 1 aromatic rings. The number of hydrogen-bond acceptors (Lipinski definition) is 4. The van der Waals surface area contributed by atoms with Crippen molar-refractivity contribution in [3.8, 4) is 11.5 Å². The summed E-state index contributed by atoms with van der Waals surface area (Å²) in [7, 11) is 3.12. The number of hydrogen-bond donors (Lipinski definition) is 0. The SMILES string of the molecule is COc1cc(Br)c(C(=O)CC2CCCO2)cc1OC. The Hall–Kier alpha value is -1.07. The highest BCUT2D eigenvalue weighted by molar-refractivity contribution is 9.10. The lowest BCUT2D eigenvalue weighted by Gasteiger charge is -2.13. The van der Waals surface area contributed by atoms with E-state index in [1.807, 2.05) is 0 Å². The van der Waals surface area contributed by atoms with Crippen LogP contribution in [0.1, 0.15) is 29.6 Å². The van der Waals surface area contributed by atoms with E-state index in [1.54, 1.807) is 26.4 Å². The van der Waals surface area contributed by atoms with Gasteiger partial charge < -0.3 is 14.2 Å². The molecule has 4 nitrogen and oxygen atoms in total. The minimum absolute atomic E-state index is 0.0486. The van der Waals surface area contributed by atoms with Crippen LogP contribution in [0.3, 0.4) is 0 Å². The highest BCUT2D eigenvalue weighted by atomic mass is 79.9. The summed E-state index contributed by atoms with van der Waals surface area (Å²) in [6.07, 6.45) is 2.45. The lowest BCUT2D eigenvalue weighted by Crippen LogP contribution is -2.13. The predicted octanol–water partition coefficient (Wildman–Crippen LogP) is 3.22. The van der Waals surface area contributed by atoms with Crippen LogP contribution in [0.4, 0.5) is 0 Å². The third-order valence-electron chi connectivity index (χ3n) is 3.21. The van der Waals surface area contributed by atoms with Crippen LogP contribution < -0.4 is 9.47 Å². The number of methoxy groups -OCH3 is 2. The number of carbonyl (C=O) groups excluding carboxylic acids is 1. The van der Waals surface area contributed by atoms with Gasteiger partial charge in [0.05, 0.1) is 20.3 Å². The summed E-state index contributed by atoms with van der Waals surface area (Å²) in [5, 5.41) is 0. The summed E-state index contributed by atoms with van der Waals surface area (Å²) in [6.45, 7) is 0.755. The fourth-order valence-electron chi connectivity index (χ4n) is 2.19. The zero-order valence-electron chi connectivity index (χ0n) is 11.1. The Balaban J connectivity index is 2.20. The number of ether oxygens (including phenoxy) is 3. The molecule has 0 aromatic heterocycles. The maximum Gasteiger partial charge on any atom is 0.166 e. The van der Waals surface area contributed by atoms with Gasteiger partial charge in [0.15, 0.2) is 17.3 Å². The Kier molecular flexibility index (Phi) is 4.82. The minimum atomic E-state index is 0.0486. The van der Waals surface area contributed by atoms with Crippen molar-refractivity contribution < 1.29 is 19.0 Å². The van der Waals surface area contributed by atoms with E-state index in [0.29, 0.717) is 28.0 Å². The monoisotopic (exact) mass is 328 g/mol. The van der Waals surface area contributed by atoms with Crippen LogP contribution in [0.5, 0.6) is 11.5 Å². The molecule has 1 fully saturated rings. The molecule has 1 heterocycles. The molecule has 1 aliphatic heterocycles. The first-order valence-electron chi connectivity index (χ1n) is 6.22. The fourth-order valence-corrected chi connectivity index (χ4v) is 2.73. The smallest absolute Gasteiger partial charge is 0.166 e. The van der Waals surface area contributed by atoms with Crippen molar-refractivity contribution in [3.63, 3.8) is 0 Å². The lowest BCUT2D eigenvalue weighted by atomic mass is 10.0. The van der Waals surface area contributed by atoms with Gasteiger partial charge in [-0.25, -0.2) is 0 Å². The highest BCUT2D eigenvalue weighted by Gasteiger charge is 2.22. The summed E-state index contributed by atoms with van der Waals surface area (Å²) in [5.74, 6) is 1.21. The molecule has 0 spiro atoms. The van der Waals surface area contributed by atoms with E-state index in [1.165, 1.54) is 0 Å². The topological polar surface area (TPSA) is 44.8 Å². The van der Waals surface area contributed by atoms with Crippen LogP contribution in [0.2, 0.25) is 0 Å². The van der Waals surface area contributed by atoms with Gasteiger partial charge in [0.2, 0.25) is 0 Å². The van der Waals surface area contributed by atoms with Gasteiger partial charge in [-0.3, -0.25) is 4.79 Å². The summed E-state index contributed by atoms with van der Waals surface area (Å²) in [5.41, 5.74) is 0.605. The Morgan fingerprint density at radius 2 is 2.05 bits per heavy atom. The van der Waals surface area contributed by atoms with Crippen molar-refractivity contribution in [2.75, 3.05) is 20.8 Å². The van der Waals surface area contributed by atoms with Crippen LogP contribution >= 0.6 is 15.9 Å². The normalized spacial score (nSPS) is 18.4. The zero-order chi connectivity index (χ0) is 13.8. The van der Waals surface area contributed by atoms with Crippen LogP contribution in [-0.4, -0.2) is 32.7 Å². The molecule has 0 amide bonds. The number of carbonyl (C=O) groups is 1. The number of benzene rings is 1. The zero-order valence-corrected chi connectivity index (χ0v) is 12.7. The quantitative estimate of drug-likeness (QED) is 0.778. The third-order valence-corrected chi connectivity index (χ3v) is 3.87. The van der Waals surface area contributed by atoms with Crippen molar-refractivity contribution in [1.29, 1.82) is 0 Å². The number of rotatable bonds is 5. The van der Waals surface area contributed by atoms with E-state index in [4.69, 9.17) is 14.2 Å². The first-order valence-corrected chi connectivity index (χ1v) is 7.01. The summed E-state index contributed by atoms with van der Waals surface area (Å²) in [4.78, 5) is 12.3. The molecule has 1 saturated heterocycles. The molecule has 0 aliphatic carbocycles. The number of halogens is 1. The first kappa shape index (κ1) is 14.3. The Morgan fingerprint density at radius 3 is 2.63 bits per heavy atom. The average Bonchev–Trinajstić information content (AvgIpc) is 2.90. The van der Waals surface area contributed by atoms with E-state index in [9.17, 15) is 4.79 Å². The Bertz CT molecular complexity index is 467. The van der Waals surface area contributed by atoms with Gasteiger partial charge in [-0.2, -0.15) is 0 Å². The van der Waals surface area contributed by atoms with Gasteiger partial charge in [0.1, 0.15) is 0 Å². The number of ketones is 1. The molecule has 0 saturated carbocycles. The molecule has 0 bridgehead atoms. The molecule has 1 unspecified atom stereocenters. The predicted molar refractivity (Wildman–Crippen MR) is 75.2 cm³/mol.